The molecular weight excluding hydrogens is 405 g/mol. The van der Waals surface area contributed by atoms with E-state index in [1.54, 1.807) is 0 Å². The van der Waals surface area contributed by atoms with Crippen molar-refractivity contribution in [1.82, 2.24) is 14.5 Å². The maximum Gasteiger partial charge on any atom is 0.164 e. The van der Waals surface area contributed by atoms with Gasteiger partial charge in [0, 0.05) is 14.6 Å². The summed E-state index contributed by atoms with van der Waals surface area (Å²) in [5.74, 6) is 1.10. The molecule has 1 aromatic carbocycles. The van der Waals surface area contributed by atoms with Gasteiger partial charge < -0.3 is 0 Å². The second-order valence-electron chi connectivity index (χ2n) is 4.39. The van der Waals surface area contributed by atoms with Crippen LogP contribution in [0.1, 0.15) is 11.5 Å². The van der Waals surface area contributed by atoms with Crippen molar-refractivity contribution in [2.24, 2.45) is 0 Å². The predicted octanol–water partition coefficient (Wildman–Crippen LogP) is 4.99. The highest BCUT2D eigenvalue weighted by atomic mass is 79.9. The fraction of sp³-hybridized carbons (Fsp3) is 0.143. The molecule has 3 rings (SSSR count). The zero-order chi connectivity index (χ0) is 14.3. The first kappa shape index (κ1) is 14.0. The molecule has 6 heteroatoms. The first-order chi connectivity index (χ1) is 9.60. The molecule has 102 valence electrons. The summed E-state index contributed by atoms with van der Waals surface area (Å²) >= 11 is 13.1. The van der Waals surface area contributed by atoms with E-state index >= 15 is 0 Å². The monoisotopic (exact) mass is 413 g/mol. The maximum absolute atomic E-state index is 6.05. The average Bonchev–Trinajstić information content (AvgIpc) is 2.79. The second-order valence-corrected chi connectivity index (χ2v) is 6.43. The van der Waals surface area contributed by atoms with E-state index in [9.17, 15) is 0 Å². The number of pyridine rings is 1. The highest BCUT2D eigenvalue weighted by Crippen LogP contribution is 2.29. The van der Waals surface area contributed by atoms with Crippen molar-refractivity contribution in [3.63, 3.8) is 0 Å². The summed E-state index contributed by atoms with van der Waals surface area (Å²) in [6.07, 6.45) is 0. The van der Waals surface area contributed by atoms with Crippen LogP contribution < -0.4 is 0 Å². The quantitative estimate of drug-likeness (QED) is 0.552. The Hall–Kier alpha value is -0.910. The second kappa shape index (κ2) is 5.47. The van der Waals surface area contributed by atoms with Crippen molar-refractivity contribution in [2.45, 2.75) is 12.8 Å². The van der Waals surface area contributed by atoms with Gasteiger partial charge in [0.15, 0.2) is 5.65 Å². The van der Waals surface area contributed by atoms with Crippen LogP contribution in [0.25, 0.3) is 16.9 Å². The molecule has 0 fully saturated rings. The van der Waals surface area contributed by atoms with E-state index in [1.807, 2.05) is 41.8 Å². The average molecular weight is 416 g/mol. The molecule has 0 atom stereocenters. The lowest BCUT2D eigenvalue weighted by Gasteiger charge is -2.10. The smallest absolute Gasteiger partial charge is 0.164 e. The van der Waals surface area contributed by atoms with Gasteiger partial charge in [-0.1, -0.05) is 15.9 Å². The summed E-state index contributed by atoms with van der Waals surface area (Å²) < 4.78 is 3.95. The van der Waals surface area contributed by atoms with Crippen LogP contribution in [0.15, 0.2) is 39.3 Å². The van der Waals surface area contributed by atoms with Gasteiger partial charge >= 0.3 is 0 Å². The molecule has 0 amide bonds. The highest BCUT2D eigenvalue weighted by Gasteiger charge is 2.15. The number of alkyl halides is 1. The van der Waals surface area contributed by atoms with Gasteiger partial charge in [-0.25, -0.2) is 9.97 Å². The molecule has 0 N–H and O–H groups in total. The molecule has 0 saturated heterocycles. The van der Waals surface area contributed by atoms with E-state index in [4.69, 9.17) is 11.6 Å². The summed E-state index contributed by atoms with van der Waals surface area (Å²) in [6.45, 7) is 1.97. The molecular formula is C14H10Br2ClN3. The standard InChI is InChI=1S/C14H10Br2ClN3/c1-8-2-5-11-14(18-8)20(13(7-17)19-11)12-6-9(15)3-4-10(12)16/h2-6H,7H2,1H3. The van der Waals surface area contributed by atoms with Crippen LogP contribution in [-0.4, -0.2) is 14.5 Å². The molecule has 3 nitrogen and oxygen atoms in total. The lowest BCUT2D eigenvalue weighted by molar-refractivity contribution is 0.961. The lowest BCUT2D eigenvalue weighted by Crippen LogP contribution is -2.01. The molecule has 0 aliphatic heterocycles. The molecule has 2 aromatic heterocycles. The van der Waals surface area contributed by atoms with Gasteiger partial charge in [-0.3, -0.25) is 4.57 Å². The topological polar surface area (TPSA) is 30.7 Å². The fourth-order valence-electron chi connectivity index (χ4n) is 2.10. The zero-order valence-corrected chi connectivity index (χ0v) is 14.5. The largest absolute Gasteiger partial charge is 0.278 e. The molecule has 3 aromatic rings. The van der Waals surface area contributed by atoms with E-state index in [1.165, 1.54) is 0 Å². The summed E-state index contributed by atoms with van der Waals surface area (Å²) in [6, 6.07) is 9.90. The zero-order valence-electron chi connectivity index (χ0n) is 10.6. The van der Waals surface area contributed by atoms with Gasteiger partial charge in [0.1, 0.15) is 11.3 Å². The van der Waals surface area contributed by atoms with Crippen molar-refractivity contribution < 1.29 is 0 Å². The van der Waals surface area contributed by atoms with E-state index in [0.29, 0.717) is 5.88 Å². The van der Waals surface area contributed by atoms with Crippen LogP contribution in [-0.2, 0) is 5.88 Å². The number of imidazole rings is 1. The third kappa shape index (κ3) is 2.38. The fourth-order valence-corrected chi connectivity index (χ4v) is 3.05. The van der Waals surface area contributed by atoms with Crippen molar-refractivity contribution in [1.29, 1.82) is 0 Å². The summed E-state index contributed by atoms with van der Waals surface area (Å²) in [4.78, 5) is 9.15. The Labute approximate surface area is 138 Å². The molecule has 2 heterocycles. The minimum Gasteiger partial charge on any atom is -0.278 e. The van der Waals surface area contributed by atoms with Gasteiger partial charge in [0.2, 0.25) is 0 Å². The van der Waals surface area contributed by atoms with Gasteiger partial charge in [0.05, 0.1) is 11.6 Å². The lowest BCUT2D eigenvalue weighted by atomic mass is 10.3. The van der Waals surface area contributed by atoms with E-state index < -0.39 is 0 Å². The van der Waals surface area contributed by atoms with Crippen LogP contribution in [0, 0.1) is 6.92 Å². The first-order valence-electron chi connectivity index (χ1n) is 5.96. The molecule has 0 bridgehead atoms. The number of hydrogen-bond donors (Lipinski definition) is 0. The van der Waals surface area contributed by atoms with Gasteiger partial charge in [-0.2, -0.15) is 0 Å². The maximum atomic E-state index is 6.05. The minimum absolute atomic E-state index is 0.328. The van der Waals surface area contributed by atoms with Crippen molar-refractivity contribution >= 4 is 54.6 Å². The highest BCUT2D eigenvalue weighted by molar-refractivity contribution is 9.11. The number of aryl methyl sites for hydroxylation is 1. The molecule has 20 heavy (non-hydrogen) atoms. The number of fused-ring (bicyclic) bond motifs is 1. The Morgan fingerprint density at radius 1 is 1.15 bits per heavy atom. The Kier molecular flexibility index (Phi) is 3.84. The number of benzene rings is 1. The van der Waals surface area contributed by atoms with E-state index in [2.05, 4.69) is 41.8 Å². The van der Waals surface area contributed by atoms with Crippen molar-refractivity contribution in [3.05, 3.63) is 50.8 Å². The van der Waals surface area contributed by atoms with Crippen LogP contribution in [0.3, 0.4) is 0 Å². The number of rotatable bonds is 2. The molecule has 0 unspecified atom stereocenters. The van der Waals surface area contributed by atoms with Gasteiger partial charge in [-0.05, 0) is 53.2 Å². The Morgan fingerprint density at radius 2 is 1.95 bits per heavy atom. The molecule has 0 radical (unpaired) electrons. The first-order valence-corrected chi connectivity index (χ1v) is 8.08. The number of hydrogen-bond acceptors (Lipinski definition) is 2. The predicted molar refractivity (Wildman–Crippen MR) is 88.6 cm³/mol. The Balaban J connectivity index is 2.39. The number of aromatic nitrogens is 3. The Bertz CT molecular complexity index is 798. The van der Waals surface area contributed by atoms with Gasteiger partial charge in [-0.15, -0.1) is 11.6 Å². The normalized spacial score (nSPS) is 11.2. The molecule has 0 aliphatic rings. The van der Waals surface area contributed by atoms with Crippen LogP contribution in [0.2, 0.25) is 0 Å². The van der Waals surface area contributed by atoms with E-state index in [0.717, 1.165) is 37.3 Å². The third-order valence-electron chi connectivity index (χ3n) is 2.98. The third-order valence-corrected chi connectivity index (χ3v) is 4.38. The van der Waals surface area contributed by atoms with Crippen LogP contribution >= 0.6 is 43.5 Å². The molecule has 0 saturated carbocycles. The van der Waals surface area contributed by atoms with Crippen molar-refractivity contribution in [2.75, 3.05) is 0 Å². The minimum atomic E-state index is 0.328. The summed E-state index contributed by atoms with van der Waals surface area (Å²) in [7, 11) is 0. The number of nitrogens with zero attached hydrogens (tertiary/aromatic N) is 3. The SMILES string of the molecule is Cc1ccc2nc(CCl)n(-c3cc(Br)ccc3Br)c2n1. The van der Waals surface area contributed by atoms with Crippen molar-refractivity contribution in [3.8, 4) is 5.69 Å². The number of halogens is 3. The molecule has 0 aliphatic carbocycles. The van der Waals surface area contributed by atoms with E-state index in [-0.39, 0.29) is 0 Å². The van der Waals surface area contributed by atoms with Gasteiger partial charge in [0.25, 0.3) is 0 Å². The van der Waals surface area contributed by atoms with Crippen LogP contribution in [0.4, 0.5) is 0 Å². The summed E-state index contributed by atoms with van der Waals surface area (Å²) in [5, 5.41) is 0. The Morgan fingerprint density at radius 3 is 2.70 bits per heavy atom. The molecule has 0 spiro atoms. The summed E-state index contributed by atoms with van der Waals surface area (Å²) in [5.41, 5.74) is 3.58. The van der Waals surface area contributed by atoms with Crippen LogP contribution in [0.5, 0.6) is 0 Å².